The van der Waals surface area contributed by atoms with Gasteiger partial charge in [0.1, 0.15) is 4.88 Å². The van der Waals surface area contributed by atoms with Crippen molar-refractivity contribution in [3.8, 4) is 0 Å². The largest absolute Gasteiger partial charge is 0.465 e. The molecular weight excluding hydrogens is 441 g/mol. The number of benzene rings is 1. The predicted molar refractivity (Wildman–Crippen MR) is 95.6 cm³/mol. The van der Waals surface area contributed by atoms with E-state index < -0.39 is 24.8 Å². The Morgan fingerprint density at radius 2 is 1.84 bits per heavy atom. The third kappa shape index (κ3) is 3.80. The first-order valence-corrected chi connectivity index (χ1v) is 10.4. The highest BCUT2D eigenvalue weighted by Gasteiger charge is 2.55. The van der Waals surface area contributed by atoms with Crippen molar-refractivity contribution >= 4 is 50.9 Å². The van der Waals surface area contributed by atoms with Crippen LogP contribution in [0, 0.1) is 0 Å². The topological polar surface area (TPSA) is 61.8 Å². The van der Waals surface area contributed by atoms with Crippen LogP contribution in [0.1, 0.15) is 29.1 Å². The molecule has 0 unspecified atom stereocenters. The van der Waals surface area contributed by atoms with Gasteiger partial charge in [-0.15, -0.1) is 11.3 Å². The molecule has 0 radical (unpaired) electrons. The van der Waals surface area contributed by atoms with Crippen LogP contribution < -0.4 is 0 Å². The molecule has 10 heteroatoms. The SMILES string of the molecule is CCOP(=O)(OCC)C(F)(F)c1cc2sc(C(=O)OC)cc2cc1Br. The number of esters is 1. The van der Waals surface area contributed by atoms with Crippen LogP contribution in [0.3, 0.4) is 0 Å². The molecule has 1 aromatic carbocycles. The maximum Gasteiger partial charge on any atom is 0.404 e. The molecule has 0 saturated heterocycles. The maximum atomic E-state index is 15.0. The van der Waals surface area contributed by atoms with Crippen LogP contribution in [0.2, 0.25) is 0 Å². The van der Waals surface area contributed by atoms with Gasteiger partial charge in [0.15, 0.2) is 0 Å². The van der Waals surface area contributed by atoms with Gasteiger partial charge in [-0.2, -0.15) is 8.78 Å². The highest BCUT2D eigenvalue weighted by atomic mass is 79.9. The van der Waals surface area contributed by atoms with Crippen molar-refractivity contribution in [1.82, 2.24) is 0 Å². The molecule has 2 aromatic rings. The molecule has 0 aliphatic rings. The molecule has 0 bridgehead atoms. The first kappa shape index (κ1) is 20.5. The van der Waals surface area contributed by atoms with E-state index in [1.165, 1.54) is 33.1 Å². The zero-order chi connectivity index (χ0) is 18.8. The van der Waals surface area contributed by atoms with E-state index in [9.17, 15) is 18.1 Å². The lowest BCUT2D eigenvalue weighted by Crippen LogP contribution is -2.19. The Labute approximate surface area is 155 Å². The summed E-state index contributed by atoms with van der Waals surface area (Å²) in [4.78, 5) is 11.9. The van der Waals surface area contributed by atoms with Crippen molar-refractivity contribution in [2.45, 2.75) is 19.5 Å². The highest BCUT2D eigenvalue weighted by Crippen LogP contribution is 2.67. The Morgan fingerprint density at radius 1 is 1.24 bits per heavy atom. The molecule has 1 heterocycles. The van der Waals surface area contributed by atoms with Crippen molar-refractivity contribution in [1.29, 1.82) is 0 Å². The van der Waals surface area contributed by atoms with Crippen molar-refractivity contribution in [2.75, 3.05) is 20.3 Å². The minimum atomic E-state index is -4.72. The van der Waals surface area contributed by atoms with Crippen LogP contribution >= 0.6 is 34.9 Å². The number of methoxy groups -OCH3 is 1. The average Bonchev–Trinajstić information content (AvgIpc) is 2.96. The molecule has 0 atom stereocenters. The summed E-state index contributed by atoms with van der Waals surface area (Å²) in [6.07, 6.45) is 0. The van der Waals surface area contributed by atoms with E-state index in [1.807, 2.05) is 0 Å². The van der Waals surface area contributed by atoms with Crippen molar-refractivity contribution in [3.63, 3.8) is 0 Å². The van der Waals surface area contributed by atoms with Gasteiger partial charge < -0.3 is 13.8 Å². The second kappa shape index (κ2) is 7.80. The monoisotopic (exact) mass is 456 g/mol. The normalized spacial score (nSPS) is 12.6. The maximum absolute atomic E-state index is 15.0. The second-order valence-electron chi connectivity index (χ2n) is 4.85. The van der Waals surface area contributed by atoms with Crippen LogP contribution in [-0.2, 0) is 24.0 Å². The Hall–Kier alpha value is -0.860. The first-order valence-electron chi connectivity index (χ1n) is 7.29. The molecule has 0 amide bonds. The molecule has 0 fully saturated rings. The molecule has 0 saturated carbocycles. The molecule has 2 rings (SSSR count). The zero-order valence-electron chi connectivity index (χ0n) is 13.7. The van der Waals surface area contributed by atoms with Crippen LogP contribution in [0.5, 0.6) is 0 Å². The quantitative estimate of drug-likeness (QED) is 0.391. The molecule has 0 N–H and O–H groups in total. The van der Waals surface area contributed by atoms with Gasteiger partial charge in [0.05, 0.1) is 20.3 Å². The van der Waals surface area contributed by atoms with Gasteiger partial charge in [-0.1, -0.05) is 15.9 Å². The Kier molecular flexibility index (Phi) is 6.38. The van der Waals surface area contributed by atoms with E-state index >= 15 is 0 Å². The van der Waals surface area contributed by atoms with E-state index in [0.717, 1.165) is 11.3 Å². The summed E-state index contributed by atoms with van der Waals surface area (Å²) < 4.78 is 57.3. The summed E-state index contributed by atoms with van der Waals surface area (Å²) in [6, 6.07) is 4.16. The molecule has 5 nitrogen and oxygen atoms in total. The van der Waals surface area contributed by atoms with E-state index in [4.69, 9.17) is 9.05 Å². The predicted octanol–water partition coefficient (Wildman–Crippen LogP) is 5.77. The van der Waals surface area contributed by atoms with Gasteiger partial charge in [0, 0.05) is 14.7 Å². The van der Waals surface area contributed by atoms with Crippen LogP contribution in [-0.4, -0.2) is 26.3 Å². The molecule has 1 aromatic heterocycles. The zero-order valence-corrected chi connectivity index (χ0v) is 17.0. The molecular formula is C15H16BrF2O5PS. The fraction of sp³-hybridized carbons (Fsp3) is 0.400. The van der Waals surface area contributed by atoms with Gasteiger partial charge >= 0.3 is 19.2 Å². The number of thiophene rings is 1. The fourth-order valence-electron chi connectivity index (χ4n) is 2.18. The molecule has 0 spiro atoms. The summed E-state index contributed by atoms with van der Waals surface area (Å²) in [5.74, 6) is -0.556. The Morgan fingerprint density at radius 3 is 2.36 bits per heavy atom. The van der Waals surface area contributed by atoms with E-state index in [1.54, 1.807) is 6.07 Å². The lowest BCUT2D eigenvalue weighted by Gasteiger charge is -2.26. The van der Waals surface area contributed by atoms with E-state index in [0.29, 0.717) is 10.1 Å². The summed E-state index contributed by atoms with van der Waals surface area (Å²) in [7, 11) is -3.48. The second-order valence-corrected chi connectivity index (χ2v) is 8.86. The van der Waals surface area contributed by atoms with Crippen molar-refractivity contribution < 1.29 is 31.9 Å². The number of hydrogen-bond donors (Lipinski definition) is 0. The lowest BCUT2D eigenvalue weighted by molar-refractivity contribution is 0.0356. The Balaban J connectivity index is 2.60. The summed E-state index contributed by atoms with van der Waals surface area (Å²) in [5, 5.41) is 0.583. The minimum absolute atomic E-state index is 0.0406. The third-order valence-corrected chi connectivity index (χ3v) is 7.12. The Bertz CT molecular complexity index is 829. The smallest absolute Gasteiger partial charge is 0.404 e. The van der Waals surface area contributed by atoms with E-state index in [-0.39, 0.29) is 22.6 Å². The standard InChI is InChI=1S/C15H16BrF2O5PS/c1-4-22-24(20,23-5-2)15(17,18)10-8-12-9(6-11(10)16)7-13(25-12)14(19)21-3/h6-8H,4-5H2,1-3H3. The number of halogens is 3. The average molecular weight is 457 g/mol. The van der Waals surface area contributed by atoms with E-state index in [2.05, 4.69) is 20.7 Å². The van der Waals surface area contributed by atoms with Crippen LogP contribution in [0.4, 0.5) is 8.78 Å². The lowest BCUT2D eigenvalue weighted by atomic mass is 10.2. The fourth-order valence-corrected chi connectivity index (χ4v) is 5.50. The number of ether oxygens (including phenoxy) is 1. The van der Waals surface area contributed by atoms with Crippen LogP contribution in [0.15, 0.2) is 22.7 Å². The number of fused-ring (bicyclic) bond motifs is 1. The number of rotatable bonds is 7. The summed E-state index contributed by atoms with van der Waals surface area (Å²) in [6.45, 7) is 2.56. The molecule has 25 heavy (non-hydrogen) atoms. The number of carbonyl (C=O) groups is 1. The highest BCUT2D eigenvalue weighted by molar-refractivity contribution is 9.10. The summed E-state index contributed by atoms with van der Waals surface area (Å²) >= 11 is 4.09. The van der Waals surface area contributed by atoms with Gasteiger partial charge in [-0.25, -0.2) is 4.79 Å². The first-order chi connectivity index (χ1) is 11.7. The molecule has 138 valence electrons. The summed E-state index contributed by atoms with van der Waals surface area (Å²) in [5.41, 5.74) is -4.38. The molecule has 0 aliphatic carbocycles. The van der Waals surface area contributed by atoms with Gasteiger partial charge in [-0.3, -0.25) is 4.57 Å². The third-order valence-electron chi connectivity index (χ3n) is 3.26. The number of carbonyl (C=O) groups excluding carboxylic acids is 1. The molecule has 0 aliphatic heterocycles. The van der Waals surface area contributed by atoms with Gasteiger partial charge in [-0.05, 0) is 37.4 Å². The van der Waals surface area contributed by atoms with Crippen molar-refractivity contribution in [3.05, 3.63) is 33.1 Å². The van der Waals surface area contributed by atoms with Crippen molar-refractivity contribution in [2.24, 2.45) is 0 Å². The van der Waals surface area contributed by atoms with Gasteiger partial charge in [0.25, 0.3) is 0 Å². The van der Waals surface area contributed by atoms with Crippen LogP contribution in [0.25, 0.3) is 10.1 Å². The minimum Gasteiger partial charge on any atom is -0.465 e. The number of hydrogen-bond acceptors (Lipinski definition) is 6. The van der Waals surface area contributed by atoms with Gasteiger partial charge in [0.2, 0.25) is 0 Å². The number of alkyl halides is 2.